The van der Waals surface area contributed by atoms with Gasteiger partial charge in [-0.3, -0.25) is 9.20 Å². The molecule has 0 radical (unpaired) electrons. The fourth-order valence-corrected chi connectivity index (χ4v) is 1.35. The fourth-order valence-electron chi connectivity index (χ4n) is 1.35. The average Bonchev–Trinajstić information content (AvgIpc) is 2.28. The van der Waals surface area contributed by atoms with Gasteiger partial charge in [-0.1, -0.05) is 0 Å². The zero-order chi connectivity index (χ0) is 12.6. The van der Waals surface area contributed by atoms with Gasteiger partial charge in [0.05, 0.1) is 5.56 Å². The summed E-state index contributed by atoms with van der Waals surface area (Å²) >= 11 is 0. The molecule has 2 heterocycles. The first-order valence-electron chi connectivity index (χ1n) is 4.48. The predicted molar refractivity (Wildman–Crippen MR) is 55.4 cm³/mol. The number of carboxylic acids is 2. The van der Waals surface area contributed by atoms with E-state index in [4.69, 9.17) is 10.2 Å². The zero-order valence-corrected chi connectivity index (χ0v) is 8.32. The minimum Gasteiger partial charge on any atom is -0.478 e. The molecule has 2 rings (SSSR count). The summed E-state index contributed by atoms with van der Waals surface area (Å²) in [5, 5.41) is 17.5. The lowest BCUT2D eigenvalue weighted by Crippen LogP contribution is -2.22. The summed E-state index contributed by atoms with van der Waals surface area (Å²) < 4.78 is 0.982. The molecule has 0 unspecified atom stereocenters. The Kier molecular flexibility index (Phi) is 2.36. The van der Waals surface area contributed by atoms with E-state index in [2.05, 4.69) is 4.98 Å². The molecule has 7 nitrogen and oxygen atoms in total. The third-order valence-corrected chi connectivity index (χ3v) is 2.19. The van der Waals surface area contributed by atoms with Gasteiger partial charge in [0.1, 0.15) is 11.2 Å². The molecule has 0 saturated heterocycles. The number of carbonyl (C=O) groups is 2. The molecule has 0 atom stereocenters. The van der Waals surface area contributed by atoms with Crippen molar-refractivity contribution in [1.29, 1.82) is 0 Å². The summed E-state index contributed by atoms with van der Waals surface area (Å²) in [5.41, 5.74) is -1.16. The highest BCUT2D eigenvalue weighted by molar-refractivity contribution is 5.89. The fraction of sp³-hybridized carbons (Fsp3) is 0. The molecule has 2 aromatic heterocycles. The van der Waals surface area contributed by atoms with E-state index in [9.17, 15) is 14.4 Å². The number of aromatic carboxylic acids is 2. The quantitative estimate of drug-likeness (QED) is 0.762. The summed E-state index contributed by atoms with van der Waals surface area (Å²) in [6.45, 7) is 0. The lowest BCUT2D eigenvalue weighted by Gasteiger charge is -2.02. The highest BCUT2D eigenvalue weighted by atomic mass is 16.4. The van der Waals surface area contributed by atoms with Crippen molar-refractivity contribution < 1.29 is 19.8 Å². The normalized spacial score (nSPS) is 10.4. The smallest absolute Gasteiger partial charge is 0.342 e. The Labute approximate surface area is 93.6 Å². The number of rotatable bonds is 2. The van der Waals surface area contributed by atoms with Crippen LogP contribution in [-0.2, 0) is 0 Å². The van der Waals surface area contributed by atoms with Crippen molar-refractivity contribution in [3.63, 3.8) is 0 Å². The van der Waals surface area contributed by atoms with E-state index in [0.717, 1.165) is 10.6 Å². The van der Waals surface area contributed by atoms with E-state index in [1.54, 1.807) is 0 Å². The monoisotopic (exact) mass is 234 g/mol. The van der Waals surface area contributed by atoms with Gasteiger partial charge in [-0.05, 0) is 12.1 Å². The van der Waals surface area contributed by atoms with Crippen molar-refractivity contribution in [3.8, 4) is 0 Å². The summed E-state index contributed by atoms with van der Waals surface area (Å²) in [6, 6.07) is 2.39. The maximum atomic E-state index is 11.6. The van der Waals surface area contributed by atoms with Gasteiger partial charge < -0.3 is 10.2 Å². The maximum absolute atomic E-state index is 11.6. The molecule has 0 aromatic carbocycles. The number of pyridine rings is 1. The second-order valence-electron chi connectivity index (χ2n) is 3.23. The SMILES string of the molecule is O=C(O)c1ccn2c(=O)c(C(=O)O)cnc2c1. The Morgan fingerprint density at radius 2 is 1.94 bits per heavy atom. The number of fused-ring (bicyclic) bond motifs is 1. The maximum Gasteiger partial charge on any atom is 0.342 e. The Bertz CT molecular complexity index is 689. The van der Waals surface area contributed by atoms with Gasteiger partial charge in [0.25, 0.3) is 5.56 Å². The van der Waals surface area contributed by atoms with E-state index in [-0.39, 0.29) is 11.2 Å². The van der Waals surface area contributed by atoms with E-state index in [0.29, 0.717) is 0 Å². The molecule has 86 valence electrons. The molecule has 0 bridgehead atoms. The third-order valence-electron chi connectivity index (χ3n) is 2.19. The standard InChI is InChI=1S/C10H6N2O5/c13-8-6(10(16)17)4-11-7-3-5(9(14)15)1-2-12(7)8/h1-4H,(H,14,15)(H,16,17). The Hall–Kier alpha value is -2.70. The molecule has 7 heteroatoms. The summed E-state index contributed by atoms with van der Waals surface area (Å²) in [4.78, 5) is 36.8. The van der Waals surface area contributed by atoms with Gasteiger partial charge in [-0.15, -0.1) is 0 Å². The molecule has 2 aromatic rings. The van der Waals surface area contributed by atoms with E-state index in [1.807, 2.05) is 0 Å². The van der Waals surface area contributed by atoms with Crippen LogP contribution in [0.4, 0.5) is 0 Å². The first-order chi connectivity index (χ1) is 8.00. The summed E-state index contributed by atoms with van der Waals surface area (Å²) in [6.07, 6.45) is 2.09. The van der Waals surface area contributed by atoms with Crippen molar-refractivity contribution in [2.45, 2.75) is 0 Å². The van der Waals surface area contributed by atoms with Crippen LogP contribution < -0.4 is 5.56 Å². The van der Waals surface area contributed by atoms with Crippen LogP contribution in [0.1, 0.15) is 20.7 Å². The van der Waals surface area contributed by atoms with E-state index in [1.165, 1.54) is 18.3 Å². The van der Waals surface area contributed by atoms with Gasteiger partial charge >= 0.3 is 11.9 Å². The molecule has 0 aliphatic rings. The zero-order valence-electron chi connectivity index (χ0n) is 8.32. The van der Waals surface area contributed by atoms with Gasteiger partial charge in [0.2, 0.25) is 0 Å². The molecule has 0 aliphatic heterocycles. The molecule has 0 fully saturated rings. The largest absolute Gasteiger partial charge is 0.478 e. The van der Waals surface area contributed by atoms with Crippen LogP contribution >= 0.6 is 0 Å². The van der Waals surface area contributed by atoms with Crippen molar-refractivity contribution >= 4 is 17.6 Å². The number of aromatic nitrogens is 2. The van der Waals surface area contributed by atoms with Crippen LogP contribution in [-0.4, -0.2) is 31.5 Å². The number of hydrogen-bond acceptors (Lipinski definition) is 4. The van der Waals surface area contributed by atoms with Crippen molar-refractivity contribution in [3.05, 3.63) is 46.0 Å². The van der Waals surface area contributed by atoms with Crippen LogP contribution in [0.2, 0.25) is 0 Å². The number of hydrogen-bond donors (Lipinski definition) is 2. The topological polar surface area (TPSA) is 109 Å². The Balaban J connectivity index is 2.77. The minimum absolute atomic E-state index is 0.0278. The van der Waals surface area contributed by atoms with Crippen molar-refractivity contribution in [1.82, 2.24) is 9.38 Å². The highest BCUT2D eigenvalue weighted by Crippen LogP contribution is 2.03. The molecule has 0 aliphatic carbocycles. The Morgan fingerprint density at radius 3 is 2.53 bits per heavy atom. The van der Waals surface area contributed by atoms with E-state index >= 15 is 0 Å². The predicted octanol–water partition coefficient (Wildman–Crippen LogP) is 0.0909. The second kappa shape index (κ2) is 3.71. The van der Waals surface area contributed by atoms with Crippen LogP contribution in [0.15, 0.2) is 29.3 Å². The molecule has 0 spiro atoms. The molecule has 2 N–H and O–H groups in total. The molecular formula is C10H6N2O5. The first kappa shape index (κ1) is 10.8. The summed E-state index contributed by atoms with van der Waals surface area (Å²) in [5.74, 6) is -2.52. The second-order valence-corrected chi connectivity index (χ2v) is 3.23. The molecule has 0 amide bonds. The highest BCUT2D eigenvalue weighted by Gasteiger charge is 2.12. The van der Waals surface area contributed by atoms with Crippen molar-refractivity contribution in [2.75, 3.05) is 0 Å². The van der Waals surface area contributed by atoms with Gasteiger partial charge in [-0.2, -0.15) is 0 Å². The van der Waals surface area contributed by atoms with E-state index < -0.39 is 23.1 Å². The number of carboxylic acid groups (broad SMARTS) is 2. The summed E-state index contributed by atoms with van der Waals surface area (Å²) in [7, 11) is 0. The lowest BCUT2D eigenvalue weighted by atomic mass is 10.2. The van der Waals surface area contributed by atoms with Crippen LogP contribution in [0, 0.1) is 0 Å². The molecule has 17 heavy (non-hydrogen) atoms. The number of nitrogens with zero attached hydrogens (tertiary/aromatic N) is 2. The third kappa shape index (κ3) is 1.73. The average molecular weight is 234 g/mol. The first-order valence-corrected chi connectivity index (χ1v) is 4.48. The lowest BCUT2D eigenvalue weighted by molar-refractivity contribution is 0.0683. The Morgan fingerprint density at radius 1 is 1.24 bits per heavy atom. The van der Waals surface area contributed by atoms with Crippen molar-refractivity contribution in [2.24, 2.45) is 0 Å². The van der Waals surface area contributed by atoms with Crippen LogP contribution in [0.3, 0.4) is 0 Å². The molecule has 0 saturated carbocycles. The van der Waals surface area contributed by atoms with Crippen LogP contribution in [0.25, 0.3) is 5.65 Å². The van der Waals surface area contributed by atoms with Gasteiger partial charge in [0.15, 0.2) is 0 Å². The van der Waals surface area contributed by atoms with Gasteiger partial charge in [0, 0.05) is 12.4 Å². The minimum atomic E-state index is -1.38. The molecular weight excluding hydrogens is 228 g/mol. The van der Waals surface area contributed by atoms with Crippen LogP contribution in [0.5, 0.6) is 0 Å². The van der Waals surface area contributed by atoms with Gasteiger partial charge in [-0.25, -0.2) is 14.6 Å².